The topological polar surface area (TPSA) is 59.1 Å². The molecule has 1 aromatic rings. The average molecular weight is 288 g/mol. The molecule has 0 bridgehead atoms. The maximum absolute atomic E-state index is 13.7. The van der Waals surface area contributed by atoms with Crippen molar-refractivity contribution in [3.8, 4) is 0 Å². The van der Waals surface area contributed by atoms with Crippen LogP contribution in [0.2, 0.25) is 0 Å². The van der Waals surface area contributed by atoms with Gasteiger partial charge in [0.1, 0.15) is 15.7 Å². The van der Waals surface area contributed by atoms with Crippen molar-refractivity contribution in [3.05, 3.63) is 29.8 Å². The van der Waals surface area contributed by atoms with Crippen LogP contribution in [-0.4, -0.2) is 32.0 Å². The number of hydrogen-bond donors (Lipinski definition) is 1. The lowest BCUT2D eigenvalue weighted by Crippen LogP contribution is -2.24. The Kier molecular flexibility index (Phi) is 6.37. The second kappa shape index (κ2) is 7.55. The molecule has 108 valence electrons. The van der Waals surface area contributed by atoms with Crippen LogP contribution in [0, 0.1) is 5.82 Å². The van der Waals surface area contributed by atoms with Crippen molar-refractivity contribution in [1.82, 2.24) is 10.3 Å². The Hall–Kier alpha value is -1.01. The molecule has 0 saturated carbocycles. The zero-order valence-corrected chi connectivity index (χ0v) is 12.2. The minimum Gasteiger partial charge on any atom is -0.309 e. The van der Waals surface area contributed by atoms with Gasteiger partial charge in [-0.15, -0.1) is 0 Å². The van der Waals surface area contributed by atoms with Gasteiger partial charge in [-0.1, -0.05) is 6.92 Å². The van der Waals surface area contributed by atoms with Crippen molar-refractivity contribution >= 4 is 9.84 Å². The first-order valence-electron chi connectivity index (χ1n) is 6.45. The van der Waals surface area contributed by atoms with E-state index in [9.17, 15) is 12.8 Å². The highest BCUT2D eigenvalue weighted by Gasteiger charge is 2.16. The molecule has 0 aliphatic rings. The zero-order chi connectivity index (χ0) is 14.3. The third-order valence-corrected chi connectivity index (χ3v) is 3.80. The van der Waals surface area contributed by atoms with E-state index in [-0.39, 0.29) is 17.6 Å². The van der Waals surface area contributed by atoms with Crippen LogP contribution in [0.3, 0.4) is 0 Å². The fourth-order valence-corrected chi connectivity index (χ4v) is 2.55. The summed E-state index contributed by atoms with van der Waals surface area (Å²) in [5.74, 6) is -0.235. The molecule has 1 rings (SSSR count). The van der Waals surface area contributed by atoms with Crippen molar-refractivity contribution < 1.29 is 12.8 Å². The Bertz CT molecular complexity index is 491. The van der Waals surface area contributed by atoms with Gasteiger partial charge in [-0.3, -0.25) is 4.98 Å². The molecule has 19 heavy (non-hydrogen) atoms. The van der Waals surface area contributed by atoms with Crippen molar-refractivity contribution in [2.75, 3.05) is 18.6 Å². The number of halogens is 1. The van der Waals surface area contributed by atoms with Crippen LogP contribution in [0.15, 0.2) is 18.3 Å². The number of aromatic nitrogens is 1. The van der Waals surface area contributed by atoms with Gasteiger partial charge in [-0.25, -0.2) is 12.8 Å². The fraction of sp³-hybridized carbons (Fsp3) is 0.615. The third-order valence-electron chi connectivity index (χ3n) is 2.77. The van der Waals surface area contributed by atoms with Gasteiger partial charge in [0.05, 0.1) is 11.7 Å². The molecule has 1 heterocycles. The molecule has 6 heteroatoms. The number of pyridine rings is 1. The van der Waals surface area contributed by atoms with Crippen molar-refractivity contribution in [1.29, 1.82) is 0 Å². The molecule has 0 aliphatic heterocycles. The predicted octanol–water partition coefficient (Wildman–Crippen LogP) is 2.09. The van der Waals surface area contributed by atoms with Gasteiger partial charge in [-0.05, 0) is 37.9 Å². The van der Waals surface area contributed by atoms with E-state index in [1.54, 1.807) is 12.3 Å². The van der Waals surface area contributed by atoms with Crippen LogP contribution in [0.1, 0.15) is 37.9 Å². The molecule has 4 nitrogen and oxygen atoms in total. The highest BCUT2D eigenvalue weighted by atomic mass is 32.2. The third kappa shape index (κ3) is 6.11. The summed E-state index contributed by atoms with van der Waals surface area (Å²) in [5, 5.41) is 3.22. The maximum atomic E-state index is 13.7. The first-order chi connectivity index (χ1) is 8.94. The summed E-state index contributed by atoms with van der Waals surface area (Å²) >= 11 is 0. The van der Waals surface area contributed by atoms with Gasteiger partial charge in [0.15, 0.2) is 0 Å². The minimum absolute atomic E-state index is 0.117. The van der Waals surface area contributed by atoms with E-state index >= 15 is 0 Å². The molecule has 0 spiro atoms. The van der Waals surface area contributed by atoms with Gasteiger partial charge in [-0.2, -0.15) is 0 Å². The second-order valence-electron chi connectivity index (χ2n) is 4.65. The largest absolute Gasteiger partial charge is 0.309 e. The van der Waals surface area contributed by atoms with Crippen molar-refractivity contribution in [2.24, 2.45) is 0 Å². The number of nitrogens with zero attached hydrogens (tertiary/aromatic N) is 1. The first kappa shape index (κ1) is 16.0. The zero-order valence-electron chi connectivity index (χ0n) is 11.4. The molecule has 0 radical (unpaired) electrons. The molecule has 0 saturated heterocycles. The van der Waals surface area contributed by atoms with Gasteiger partial charge in [0, 0.05) is 18.2 Å². The fourth-order valence-electron chi connectivity index (χ4n) is 1.86. The lowest BCUT2D eigenvalue weighted by atomic mass is 10.1. The number of rotatable bonds is 8. The van der Waals surface area contributed by atoms with E-state index in [2.05, 4.69) is 10.3 Å². The minimum atomic E-state index is -2.97. The lowest BCUT2D eigenvalue weighted by Gasteiger charge is -2.18. The SMILES string of the molecule is CCCNC(CCCS(C)(=O)=O)c1ncccc1F. The van der Waals surface area contributed by atoms with Crippen molar-refractivity contribution in [2.45, 2.75) is 32.2 Å². The summed E-state index contributed by atoms with van der Waals surface area (Å²) in [5.41, 5.74) is 0.365. The molecule has 1 aromatic heterocycles. The molecule has 0 amide bonds. The monoisotopic (exact) mass is 288 g/mol. The van der Waals surface area contributed by atoms with Gasteiger partial charge in [0.2, 0.25) is 0 Å². The molecule has 0 aliphatic carbocycles. The van der Waals surface area contributed by atoms with Crippen LogP contribution < -0.4 is 5.32 Å². The van der Waals surface area contributed by atoms with E-state index in [1.165, 1.54) is 12.3 Å². The van der Waals surface area contributed by atoms with E-state index in [1.807, 2.05) is 6.92 Å². The van der Waals surface area contributed by atoms with E-state index in [4.69, 9.17) is 0 Å². The molecule has 0 fully saturated rings. The van der Waals surface area contributed by atoms with E-state index in [0.717, 1.165) is 13.0 Å². The van der Waals surface area contributed by atoms with Crippen LogP contribution in [0.25, 0.3) is 0 Å². The van der Waals surface area contributed by atoms with Crippen molar-refractivity contribution in [3.63, 3.8) is 0 Å². The summed E-state index contributed by atoms with van der Waals surface area (Å²) in [6, 6.07) is 2.69. The Morgan fingerprint density at radius 1 is 1.47 bits per heavy atom. The quantitative estimate of drug-likeness (QED) is 0.795. The molecule has 1 atom stereocenters. The van der Waals surface area contributed by atoms with Crippen LogP contribution in [0.4, 0.5) is 4.39 Å². The normalized spacial score (nSPS) is 13.4. The number of nitrogens with one attached hydrogen (secondary N) is 1. The molecule has 1 unspecified atom stereocenters. The summed E-state index contributed by atoms with van der Waals surface area (Å²) in [4.78, 5) is 4.06. The highest BCUT2D eigenvalue weighted by molar-refractivity contribution is 7.90. The standard InChI is InChI=1S/C13H21FN2O2S/c1-3-8-15-12(7-5-10-19(2,17)18)13-11(14)6-4-9-16-13/h4,6,9,12,15H,3,5,7-8,10H2,1-2H3. The second-order valence-corrected chi connectivity index (χ2v) is 6.91. The van der Waals surface area contributed by atoms with Crippen LogP contribution >= 0.6 is 0 Å². The lowest BCUT2D eigenvalue weighted by molar-refractivity contribution is 0.456. The van der Waals surface area contributed by atoms with E-state index < -0.39 is 9.84 Å². The Labute approximate surface area is 114 Å². The molecular formula is C13H21FN2O2S. The maximum Gasteiger partial charge on any atom is 0.147 e. The Morgan fingerprint density at radius 2 is 2.21 bits per heavy atom. The summed E-state index contributed by atoms with van der Waals surface area (Å²) in [6.45, 7) is 2.77. The number of hydrogen-bond acceptors (Lipinski definition) is 4. The first-order valence-corrected chi connectivity index (χ1v) is 8.51. The van der Waals surface area contributed by atoms with Crippen LogP contribution in [0.5, 0.6) is 0 Å². The molecule has 1 N–H and O–H groups in total. The van der Waals surface area contributed by atoms with Gasteiger partial charge < -0.3 is 5.32 Å². The summed E-state index contributed by atoms with van der Waals surface area (Å²) < 4.78 is 35.9. The van der Waals surface area contributed by atoms with Gasteiger partial charge in [0.25, 0.3) is 0 Å². The Morgan fingerprint density at radius 3 is 2.79 bits per heavy atom. The van der Waals surface area contributed by atoms with Crippen LogP contribution in [-0.2, 0) is 9.84 Å². The average Bonchev–Trinajstić information content (AvgIpc) is 2.33. The summed E-state index contributed by atoms with van der Waals surface area (Å²) in [6.07, 6.45) is 4.74. The predicted molar refractivity (Wildman–Crippen MR) is 74.2 cm³/mol. The Balaban J connectivity index is 2.69. The molecular weight excluding hydrogens is 267 g/mol. The molecule has 0 aromatic carbocycles. The highest BCUT2D eigenvalue weighted by Crippen LogP contribution is 2.19. The smallest absolute Gasteiger partial charge is 0.147 e. The van der Waals surface area contributed by atoms with E-state index in [0.29, 0.717) is 18.5 Å². The van der Waals surface area contributed by atoms with Gasteiger partial charge >= 0.3 is 0 Å². The summed E-state index contributed by atoms with van der Waals surface area (Å²) in [7, 11) is -2.97. The number of sulfone groups is 1.